The summed E-state index contributed by atoms with van der Waals surface area (Å²) in [5.74, 6) is 0. The molecule has 1 aromatic rings. The van der Waals surface area contributed by atoms with E-state index in [9.17, 15) is 0 Å². The molecule has 0 unspecified atom stereocenters. The van der Waals surface area contributed by atoms with Gasteiger partial charge in [-0.1, -0.05) is 13.3 Å². The van der Waals surface area contributed by atoms with Gasteiger partial charge in [0.25, 0.3) is 0 Å². The molecule has 0 atom stereocenters. The number of halogens is 1. The van der Waals surface area contributed by atoms with Crippen molar-refractivity contribution in [3.8, 4) is 0 Å². The predicted molar refractivity (Wildman–Crippen MR) is 78.8 cm³/mol. The lowest BCUT2D eigenvalue weighted by Crippen LogP contribution is -2.42. The molecule has 0 aliphatic heterocycles. The summed E-state index contributed by atoms with van der Waals surface area (Å²) < 4.78 is 3.24. The first-order valence-electron chi connectivity index (χ1n) is 6.97. The molecule has 0 saturated heterocycles. The highest BCUT2D eigenvalue weighted by atomic mass is 79.9. The van der Waals surface area contributed by atoms with E-state index in [0.717, 1.165) is 25.2 Å². The van der Waals surface area contributed by atoms with Crippen LogP contribution in [-0.2, 0) is 13.5 Å². The van der Waals surface area contributed by atoms with E-state index in [1.54, 1.807) is 0 Å². The van der Waals surface area contributed by atoms with E-state index >= 15 is 0 Å². The van der Waals surface area contributed by atoms with Gasteiger partial charge in [0.05, 0.1) is 15.9 Å². The molecule has 1 saturated carbocycles. The fourth-order valence-corrected chi connectivity index (χ4v) is 3.33. The number of nitrogens with zero attached hydrogens (tertiary/aromatic N) is 2. The summed E-state index contributed by atoms with van der Waals surface area (Å²) >= 11 is 3.69. The first-order chi connectivity index (χ1) is 8.58. The monoisotopic (exact) mass is 313 g/mol. The Morgan fingerprint density at radius 1 is 1.44 bits per heavy atom. The smallest absolute Gasteiger partial charge is 0.0738 e. The molecule has 18 heavy (non-hydrogen) atoms. The lowest BCUT2D eigenvalue weighted by atomic mass is 9.66. The lowest BCUT2D eigenvalue weighted by molar-refractivity contribution is 0.127. The molecular formula is C14H24BrN3. The molecule has 0 aromatic carbocycles. The van der Waals surface area contributed by atoms with Gasteiger partial charge in [0.1, 0.15) is 0 Å². The fourth-order valence-electron chi connectivity index (χ4n) is 2.85. The summed E-state index contributed by atoms with van der Waals surface area (Å²) in [5, 5.41) is 8.10. The third kappa shape index (κ3) is 2.80. The second-order valence-corrected chi connectivity index (χ2v) is 6.47. The highest BCUT2D eigenvalue weighted by Gasteiger charge is 2.38. The average molecular weight is 314 g/mol. The summed E-state index contributed by atoms with van der Waals surface area (Å²) in [4.78, 5) is 0. The molecule has 1 aliphatic rings. The Balaban J connectivity index is 2.05. The first kappa shape index (κ1) is 14.1. The van der Waals surface area contributed by atoms with Crippen LogP contribution >= 0.6 is 15.9 Å². The van der Waals surface area contributed by atoms with Gasteiger partial charge >= 0.3 is 0 Å². The van der Waals surface area contributed by atoms with Gasteiger partial charge in [-0.05, 0) is 60.5 Å². The van der Waals surface area contributed by atoms with E-state index in [2.05, 4.69) is 47.2 Å². The second-order valence-electron chi connectivity index (χ2n) is 5.68. The lowest BCUT2D eigenvalue weighted by Gasteiger charge is -2.42. The summed E-state index contributed by atoms with van der Waals surface area (Å²) in [5.41, 5.74) is 2.92. The number of aryl methyl sites for hydroxylation is 2. The van der Waals surface area contributed by atoms with Gasteiger partial charge in [-0.2, -0.15) is 5.10 Å². The van der Waals surface area contributed by atoms with Crippen LogP contribution in [0.2, 0.25) is 0 Å². The normalized spacial score (nSPS) is 17.8. The maximum Gasteiger partial charge on any atom is 0.0738 e. The Labute approximate surface area is 118 Å². The van der Waals surface area contributed by atoms with Crippen molar-refractivity contribution < 1.29 is 0 Å². The Morgan fingerprint density at radius 3 is 2.61 bits per heavy atom. The van der Waals surface area contributed by atoms with Crippen molar-refractivity contribution in [2.24, 2.45) is 12.5 Å². The standard InChI is InChI=1S/C14H24BrN3/c1-4-8-16-10-14(6-5-7-14)9-12-13(15)11(2)17-18(12)3/h16H,4-10H2,1-3H3. The van der Waals surface area contributed by atoms with Gasteiger partial charge < -0.3 is 5.32 Å². The van der Waals surface area contributed by atoms with Gasteiger partial charge in [0.2, 0.25) is 0 Å². The van der Waals surface area contributed by atoms with Crippen LogP contribution in [0.3, 0.4) is 0 Å². The van der Waals surface area contributed by atoms with Gasteiger partial charge in [-0.15, -0.1) is 0 Å². The Hall–Kier alpha value is -0.350. The van der Waals surface area contributed by atoms with Crippen LogP contribution in [0, 0.1) is 12.3 Å². The van der Waals surface area contributed by atoms with E-state index in [-0.39, 0.29) is 0 Å². The minimum absolute atomic E-state index is 0.470. The second kappa shape index (κ2) is 5.74. The molecule has 0 spiro atoms. The molecule has 1 heterocycles. The van der Waals surface area contributed by atoms with Crippen molar-refractivity contribution in [1.29, 1.82) is 0 Å². The highest BCUT2D eigenvalue weighted by Crippen LogP contribution is 2.44. The molecule has 3 nitrogen and oxygen atoms in total. The van der Waals surface area contributed by atoms with Crippen molar-refractivity contribution in [3.63, 3.8) is 0 Å². The molecule has 1 fully saturated rings. The topological polar surface area (TPSA) is 29.9 Å². The van der Waals surface area contributed by atoms with Gasteiger partial charge in [-0.3, -0.25) is 4.68 Å². The zero-order chi connectivity index (χ0) is 13.2. The number of aromatic nitrogens is 2. The van der Waals surface area contributed by atoms with Gasteiger partial charge in [0.15, 0.2) is 0 Å². The number of hydrogen-bond donors (Lipinski definition) is 1. The minimum Gasteiger partial charge on any atom is -0.316 e. The number of rotatable bonds is 6. The number of nitrogens with one attached hydrogen (secondary N) is 1. The van der Waals surface area contributed by atoms with Crippen LogP contribution in [0.1, 0.15) is 44.0 Å². The SMILES string of the molecule is CCCNCC1(Cc2c(Br)c(C)nn2C)CCC1. The maximum atomic E-state index is 4.50. The molecule has 1 N–H and O–H groups in total. The van der Waals surface area contributed by atoms with E-state index in [4.69, 9.17) is 0 Å². The Morgan fingerprint density at radius 2 is 2.17 bits per heavy atom. The molecule has 4 heteroatoms. The quantitative estimate of drug-likeness (QED) is 0.817. The maximum absolute atomic E-state index is 4.50. The molecule has 102 valence electrons. The predicted octanol–water partition coefficient (Wildman–Crippen LogP) is 3.20. The van der Waals surface area contributed by atoms with Crippen molar-refractivity contribution in [1.82, 2.24) is 15.1 Å². The average Bonchev–Trinajstić information content (AvgIpc) is 2.52. The van der Waals surface area contributed by atoms with E-state index in [1.807, 2.05) is 4.68 Å². The van der Waals surface area contributed by atoms with Crippen LogP contribution in [0.25, 0.3) is 0 Å². The largest absolute Gasteiger partial charge is 0.316 e. The third-order valence-corrected chi connectivity index (χ3v) is 5.18. The van der Waals surface area contributed by atoms with Crippen molar-refractivity contribution in [2.75, 3.05) is 13.1 Å². The molecule has 1 aliphatic carbocycles. The Kier molecular flexibility index (Phi) is 4.49. The van der Waals surface area contributed by atoms with E-state index in [1.165, 1.54) is 35.8 Å². The Bertz CT molecular complexity index is 407. The molecule has 0 radical (unpaired) electrons. The van der Waals surface area contributed by atoms with Crippen molar-refractivity contribution in [3.05, 3.63) is 15.9 Å². The highest BCUT2D eigenvalue weighted by molar-refractivity contribution is 9.10. The summed E-state index contributed by atoms with van der Waals surface area (Å²) in [6.45, 7) is 6.57. The van der Waals surface area contributed by atoms with Gasteiger partial charge in [0, 0.05) is 13.6 Å². The van der Waals surface area contributed by atoms with Crippen molar-refractivity contribution in [2.45, 2.75) is 46.0 Å². The first-order valence-corrected chi connectivity index (χ1v) is 7.76. The van der Waals surface area contributed by atoms with Gasteiger partial charge in [-0.25, -0.2) is 0 Å². The molecule has 0 amide bonds. The third-order valence-electron chi connectivity index (χ3n) is 4.15. The zero-order valence-corrected chi connectivity index (χ0v) is 13.3. The fraction of sp³-hybridized carbons (Fsp3) is 0.786. The molecule has 2 rings (SSSR count). The van der Waals surface area contributed by atoms with Crippen molar-refractivity contribution >= 4 is 15.9 Å². The minimum atomic E-state index is 0.470. The summed E-state index contributed by atoms with van der Waals surface area (Å²) in [6, 6.07) is 0. The summed E-state index contributed by atoms with van der Waals surface area (Å²) in [7, 11) is 2.05. The van der Waals surface area contributed by atoms with Crippen LogP contribution in [0.15, 0.2) is 4.47 Å². The number of hydrogen-bond acceptors (Lipinski definition) is 2. The van der Waals surface area contributed by atoms with Crippen LogP contribution < -0.4 is 5.32 Å². The molecule has 0 bridgehead atoms. The molecule has 1 aromatic heterocycles. The van der Waals surface area contributed by atoms with Crippen LogP contribution in [-0.4, -0.2) is 22.9 Å². The van der Waals surface area contributed by atoms with Crippen LogP contribution in [0.5, 0.6) is 0 Å². The molecular weight excluding hydrogens is 290 g/mol. The van der Waals surface area contributed by atoms with E-state index in [0.29, 0.717) is 5.41 Å². The summed E-state index contributed by atoms with van der Waals surface area (Å²) in [6.07, 6.45) is 6.43. The zero-order valence-electron chi connectivity index (χ0n) is 11.7. The van der Waals surface area contributed by atoms with E-state index < -0.39 is 0 Å². The van der Waals surface area contributed by atoms with Crippen LogP contribution in [0.4, 0.5) is 0 Å².